The lowest BCUT2D eigenvalue weighted by molar-refractivity contribution is 0.0884. The van der Waals surface area contributed by atoms with Gasteiger partial charge < -0.3 is 0 Å². The van der Waals surface area contributed by atoms with E-state index in [-0.39, 0.29) is 22.5 Å². The molecule has 148 valence electrons. The minimum atomic E-state index is -0.512. The van der Waals surface area contributed by atoms with Gasteiger partial charge in [0.2, 0.25) is 0 Å². The second-order valence-electron chi connectivity index (χ2n) is 9.76. The minimum Gasteiger partial charge on any atom is -0.294 e. The third-order valence-electron chi connectivity index (χ3n) is 4.95. The van der Waals surface area contributed by atoms with E-state index in [2.05, 4.69) is 70.5 Å². The van der Waals surface area contributed by atoms with Gasteiger partial charge in [-0.25, -0.2) is 0 Å². The van der Waals surface area contributed by atoms with Crippen molar-refractivity contribution < 1.29 is 4.79 Å². The number of rotatable bonds is 5. The van der Waals surface area contributed by atoms with Gasteiger partial charge in [-0.3, -0.25) is 9.79 Å². The van der Waals surface area contributed by atoms with Gasteiger partial charge in [0.25, 0.3) is 0 Å². The maximum Gasteiger partial charge on any atom is 0.168 e. The molecule has 0 amide bonds. The zero-order chi connectivity index (χ0) is 21.0. The van der Waals surface area contributed by atoms with Crippen LogP contribution in [-0.4, -0.2) is 17.5 Å². The van der Waals surface area contributed by atoms with Crippen LogP contribution in [0, 0.1) is 23.2 Å². The fourth-order valence-electron chi connectivity index (χ4n) is 3.16. The van der Waals surface area contributed by atoms with Gasteiger partial charge in [0.1, 0.15) is 0 Å². The molecular weight excluding hydrogens is 342 g/mol. The fraction of sp³-hybridized carbons (Fsp3) is 0.462. The van der Waals surface area contributed by atoms with E-state index in [9.17, 15) is 4.79 Å². The first-order valence-electron chi connectivity index (χ1n) is 9.98. The number of carbonyl (C=O) groups excluding carboxylic acids is 1. The molecule has 0 spiro atoms. The first kappa shape index (κ1) is 21.9. The van der Waals surface area contributed by atoms with Gasteiger partial charge in [-0.1, -0.05) is 69.0 Å². The maximum atomic E-state index is 13.3. The summed E-state index contributed by atoms with van der Waals surface area (Å²) in [6.45, 7) is 14.8. The Hall–Kier alpha value is -2.40. The third kappa shape index (κ3) is 5.80. The molecule has 2 unspecified atom stereocenters. The number of aliphatic imine (C=N–C) groups is 1. The zero-order valence-electron chi connectivity index (χ0n) is 18.3. The van der Waals surface area contributed by atoms with E-state index >= 15 is 0 Å². The summed E-state index contributed by atoms with van der Waals surface area (Å²) in [7, 11) is 0. The van der Waals surface area contributed by atoms with Crippen molar-refractivity contribution in [3.63, 3.8) is 0 Å². The first-order chi connectivity index (χ1) is 12.9. The molecular formula is C26H33NO. The number of allylic oxidation sites excluding steroid dienone is 3. The SMILES string of the molecule is CC(C)(C)C#CC=CCC(C(=O)c1ccc(C(C)(C)C)cc1)C1(C)C=CC=N1. The Kier molecular flexibility index (Phi) is 6.50. The van der Waals surface area contributed by atoms with Crippen molar-refractivity contribution in [3.8, 4) is 11.8 Å². The molecule has 1 heterocycles. The lowest BCUT2D eigenvalue weighted by Gasteiger charge is -2.28. The summed E-state index contributed by atoms with van der Waals surface area (Å²) in [5.74, 6) is 6.15. The van der Waals surface area contributed by atoms with Crippen LogP contribution in [0.4, 0.5) is 0 Å². The molecule has 2 heteroatoms. The van der Waals surface area contributed by atoms with E-state index in [0.29, 0.717) is 6.42 Å². The van der Waals surface area contributed by atoms with Crippen LogP contribution in [0.25, 0.3) is 0 Å². The molecule has 0 aromatic heterocycles. The summed E-state index contributed by atoms with van der Waals surface area (Å²) in [5, 5.41) is 0. The molecule has 28 heavy (non-hydrogen) atoms. The number of ketones is 1. The highest BCUT2D eigenvalue weighted by atomic mass is 16.1. The highest BCUT2D eigenvalue weighted by molar-refractivity contribution is 5.99. The highest BCUT2D eigenvalue weighted by Gasteiger charge is 2.37. The fourth-order valence-corrected chi connectivity index (χ4v) is 3.16. The number of hydrogen-bond donors (Lipinski definition) is 0. The smallest absolute Gasteiger partial charge is 0.168 e. The predicted molar refractivity (Wildman–Crippen MR) is 120 cm³/mol. The second-order valence-corrected chi connectivity index (χ2v) is 9.76. The van der Waals surface area contributed by atoms with Crippen molar-refractivity contribution in [3.05, 3.63) is 59.7 Å². The minimum absolute atomic E-state index is 0.0289. The average Bonchev–Trinajstić information content (AvgIpc) is 3.03. The van der Waals surface area contributed by atoms with Gasteiger partial charge in [-0.15, -0.1) is 0 Å². The Morgan fingerprint density at radius 3 is 2.29 bits per heavy atom. The predicted octanol–water partition coefficient (Wildman–Crippen LogP) is 6.18. The largest absolute Gasteiger partial charge is 0.294 e. The Labute approximate surface area is 170 Å². The van der Waals surface area contributed by atoms with E-state index in [0.717, 1.165) is 5.56 Å². The third-order valence-corrected chi connectivity index (χ3v) is 4.95. The van der Waals surface area contributed by atoms with Crippen molar-refractivity contribution in [2.45, 2.75) is 65.8 Å². The number of hydrogen-bond acceptors (Lipinski definition) is 2. The van der Waals surface area contributed by atoms with E-state index in [1.165, 1.54) is 5.56 Å². The molecule has 0 radical (unpaired) electrons. The Morgan fingerprint density at radius 1 is 1.14 bits per heavy atom. The van der Waals surface area contributed by atoms with Crippen LogP contribution in [0.2, 0.25) is 0 Å². The van der Waals surface area contributed by atoms with Gasteiger partial charge in [0.05, 0.1) is 11.5 Å². The van der Waals surface area contributed by atoms with Gasteiger partial charge in [-0.2, -0.15) is 0 Å². The topological polar surface area (TPSA) is 29.4 Å². The molecule has 2 atom stereocenters. The standard InChI is InChI=1S/C26H33NO/c1-24(2,3)17-10-8-9-12-22(26(7)18-11-19-27-26)23(28)20-13-15-21(16-14-20)25(4,5)6/h8-9,11,13-16,18-19,22H,12H2,1-7H3. The molecule has 2 rings (SSSR count). The van der Waals surface area contributed by atoms with Crippen LogP contribution in [-0.2, 0) is 5.41 Å². The summed E-state index contributed by atoms with van der Waals surface area (Å²) in [6, 6.07) is 8.02. The van der Waals surface area contributed by atoms with E-state index in [1.54, 1.807) is 6.21 Å². The zero-order valence-corrected chi connectivity index (χ0v) is 18.3. The number of benzene rings is 1. The second kappa shape index (κ2) is 8.31. The summed E-state index contributed by atoms with van der Waals surface area (Å²) < 4.78 is 0. The molecule has 1 aromatic rings. The van der Waals surface area contributed by atoms with Crippen LogP contribution in [0.1, 0.15) is 70.8 Å². The monoisotopic (exact) mass is 375 g/mol. The Bertz CT molecular complexity index is 831. The van der Waals surface area contributed by atoms with Crippen LogP contribution in [0.3, 0.4) is 0 Å². The number of nitrogens with zero attached hydrogens (tertiary/aromatic N) is 1. The maximum absolute atomic E-state index is 13.3. The molecule has 1 aliphatic rings. The molecule has 2 nitrogen and oxygen atoms in total. The van der Waals surface area contributed by atoms with Crippen LogP contribution in [0.15, 0.2) is 53.6 Å². The number of Topliss-reactive ketones (excluding diaryl/α,β-unsaturated/α-hetero) is 1. The van der Waals surface area contributed by atoms with E-state index < -0.39 is 5.54 Å². The molecule has 0 N–H and O–H groups in total. The van der Waals surface area contributed by atoms with E-state index in [4.69, 9.17) is 0 Å². The summed E-state index contributed by atoms with van der Waals surface area (Å²) in [5.41, 5.74) is 1.49. The first-order valence-corrected chi connectivity index (χ1v) is 9.98. The van der Waals surface area contributed by atoms with Gasteiger partial charge >= 0.3 is 0 Å². The lowest BCUT2D eigenvalue weighted by atomic mass is 9.78. The van der Waals surface area contributed by atoms with E-state index in [1.807, 2.05) is 43.4 Å². The molecule has 1 aliphatic heterocycles. The normalized spacial score (nSPS) is 20.2. The van der Waals surface area contributed by atoms with Gasteiger partial charge in [0, 0.05) is 17.2 Å². The van der Waals surface area contributed by atoms with Crippen molar-refractivity contribution in [2.75, 3.05) is 0 Å². The van der Waals surface area contributed by atoms with Crippen molar-refractivity contribution in [1.82, 2.24) is 0 Å². The molecule has 0 fully saturated rings. The Balaban J connectivity index is 2.25. The van der Waals surface area contributed by atoms with Crippen LogP contribution >= 0.6 is 0 Å². The molecule has 0 saturated heterocycles. The van der Waals surface area contributed by atoms with Crippen LogP contribution < -0.4 is 0 Å². The molecule has 0 aliphatic carbocycles. The summed E-state index contributed by atoms with van der Waals surface area (Å²) in [4.78, 5) is 17.9. The Morgan fingerprint density at radius 2 is 1.79 bits per heavy atom. The average molecular weight is 376 g/mol. The number of carbonyl (C=O) groups is 1. The van der Waals surface area contributed by atoms with Gasteiger partial charge in [-0.05, 0) is 57.2 Å². The summed E-state index contributed by atoms with van der Waals surface area (Å²) in [6.07, 6.45) is 10.2. The van der Waals surface area contributed by atoms with Crippen molar-refractivity contribution in [2.24, 2.45) is 16.3 Å². The van der Waals surface area contributed by atoms with Crippen molar-refractivity contribution in [1.29, 1.82) is 0 Å². The highest BCUT2D eigenvalue weighted by Crippen LogP contribution is 2.33. The quantitative estimate of drug-likeness (QED) is 0.446. The lowest BCUT2D eigenvalue weighted by Crippen LogP contribution is -2.35. The van der Waals surface area contributed by atoms with Crippen LogP contribution in [0.5, 0.6) is 0 Å². The van der Waals surface area contributed by atoms with Crippen molar-refractivity contribution >= 4 is 12.0 Å². The molecule has 0 saturated carbocycles. The molecule has 0 bridgehead atoms. The summed E-state index contributed by atoms with van der Waals surface area (Å²) >= 11 is 0. The van der Waals surface area contributed by atoms with Gasteiger partial charge in [0.15, 0.2) is 5.78 Å². The molecule has 1 aromatic carbocycles.